The van der Waals surface area contributed by atoms with Gasteiger partial charge in [-0.1, -0.05) is 38.1 Å². The Morgan fingerprint density at radius 3 is 2.27 bits per heavy atom. The third-order valence-corrected chi connectivity index (χ3v) is 5.89. The first-order valence-electron chi connectivity index (χ1n) is 8.63. The van der Waals surface area contributed by atoms with E-state index in [9.17, 15) is 13.2 Å². The van der Waals surface area contributed by atoms with Gasteiger partial charge in [0.25, 0.3) is 10.0 Å². The van der Waals surface area contributed by atoms with Gasteiger partial charge in [-0.15, -0.1) is 0 Å². The van der Waals surface area contributed by atoms with Crippen molar-refractivity contribution in [2.24, 2.45) is 5.92 Å². The molecule has 0 atom stereocenters. The first kappa shape index (κ1) is 20.0. The normalized spacial score (nSPS) is 11.4. The average Bonchev–Trinajstić information content (AvgIpc) is 2.61. The number of hydrogen-bond acceptors (Lipinski definition) is 3. The van der Waals surface area contributed by atoms with Crippen LogP contribution in [0.1, 0.15) is 25.0 Å². The van der Waals surface area contributed by atoms with Crippen LogP contribution >= 0.6 is 0 Å². The summed E-state index contributed by atoms with van der Waals surface area (Å²) in [5.74, 6) is -0.0313. The van der Waals surface area contributed by atoms with E-state index in [0.29, 0.717) is 18.2 Å². The molecule has 6 heteroatoms. The molecule has 0 heterocycles. The van der Waals surface area contributed by atoms with Crippen LogP contribution in [0, 0.1) is 19.8 Å². The number of sulfonamides is 1. The van der Waals surface area contributed by atoms with Crippen LogP contribution in [0.3, 0.4) is 0 Å². The van der Waals surface area contributed by atoms with Crippen molar-refractivity contribution in [1.29, 1.82) is 0 Å². The second-order valence-electron chi connectivity index (χ2n) is 6.79. The maximum atomic E-state index is 13.1. The highest BCUT2D eigenvalue weighted by Gasteiger charge is 2.27. The lowest BCUT2D eigenvalue weighted by molar-refractivity contribution is -0.119. The van der Waals surface area contributed by atoms with Gasteiger partial charge in [-0.3, -0.25) is 9.10 Å². The Labute approximate surface area is 156 Å². The molecule has 0 fully saturated rings. The summed E-state index contributed by atoms with van der Waals surface area (Å²) in [6.45, 7) is 8.11. The van der Waals surface area contributed by atoms with E-state index >= 15 is 0 Å². The highest BCUT2D eigenvalue weighted by atomic mass is 32.2. The minimum absolute atomic E-state index is 0.162. The number of hydrogen-bond donors (Lipinski definition) is 1. The maximum Gasteiger partial charge on any atom is 0.264 e. The van der Waals surface area contributed by atoms with Crippen molar-refractivity contribution >= 4 is 21.6 Å². The largest absolute Gasteiger partial charge is 0.354 e. The van der Waals surface area contributed by atoms with Gasteiger partial charge < -0.3 is 5.32 Å². The molecule has 26 heavy (non-hydrogen) atoms. The molecule has 1 N–H and O–H groups in total. The number of amides is 1. The topological polar surface area (TPSA) is 66.5 Å². The zero-order chi connectivity index (χ0) is 19.3. The molecule has 0 aliphatic heterocycles. The van der Waals surface area contributed by atoms with Crippen molar-refractivity contribution in [3.63, 3.8) is 0 Å². The van der Waals surface area contributed by atoms with Gasteiger partial charge in [-0.05, 0) is 55.2 Å². The SMILES string of the molecule is Cc1ccc(N(CC(=O)NCC(C)C)S(=O)(=O)c2ccccc2)cc1C. The average molecular weight is 375 g/mol. The quantitative estimate of drug-likeness (QED) is 0.809. The van der Waals surface area contributed by atoms with Crippen LogP contribution in [0.4, 0.5) is 5.69 Å². The van der Waals surface area contributed by atoms with E-state index in [0.717, 1.165) is 11.1 Å². The molecular weight excluding hydrogens is 348 g/mol. The van der Waals surface area contributed by atoms with Gasteiger partial charge in [0.05, 0.1) is 10.6 Å². The van der Waals surface area contributed by atoms with E-state index in [4.69, 9.17) is 0 Å². The molecule has 2 aromatic rings. The van der Waals surface area contributed by atoms with Crippen molar-refractivity contribution in [3.8, 4) is 0 Å². The van der Waals surface area contributed by atoms with Crippen LogP contribution in [0.2, 0.25) is 0 Å². The Balaban J connectivity index is 2.41. The molecule has 0 aliphatic rings. The van der Waals surface area contributed by atoms with Crippen molar-refractivity contribution in [2.75, 3.05) is 17.4 Å². The highest BCUT2D eigenvalue weighted by molar-refractivity contribution is 7.92. The van der Waals surface area contributed by atoms with Crippen LogP contribution in [0.25, 0.3) is 0 Å². The van der Waals surface area contributed by atoms with Crippen LogP contribution in [-0.2, 0) is 14.8 Å². The molecule has 2 aromatic carbocycles. The predicted octanol–water partition coefficient (Wildman–Crippen LogP) is 3.27. The molecule has 140 valence electrons. The second kappa shape index (κ2) is 8.36. The molecule has 0 bridgehead atoms. The first-order valence-corrected chi connectivity index (χ1v) is 10.1. The minimum Gasteiger partial charge on any atom is -0.354 e. The minimum atomic E-state index is -3.84. The van der Waals surface area contributed by atoms with Crippen molar-refractivity contribution in [3.05, 3.63) is 59.7 Å². The fraction of sp³-hybridized carbons (Fsp3) is 0.350. The zero-order valence-electron chi connectivity index (χ0n) is 15.7. The lowest BCUT2D eigenvalue weighted by atomic mass is 10.1. The van der Waals surface area contributed by atoms with E-state index in [1.54, 1.807) is 30.3 Å². The van der Waals surface area contributed by atoms with Crippen molar-refractivity contribution < 1.29 is 13.2 Å². The number of nitrogens with zero attached hydrogens (tertiary/aromatic N) is 1. The van der Waals surface area contributed by atoms with E-state index in [1.807, 2.05) is 33.8 Å². The Morgan fingerprint density at radius 2 is 1.69 bits per heavy atom. The molecule has 0 radical (unpaired) electrons. The lowest BCUT2D eigenvalue weighted by Gasteiger charge is -2.25. The molecule has 1 amide bonds. The Morgan fingerprint density at radius 1 is 1.04 bits per heavy atom. The number of carbonyl (C=O) groups excluding carboxylic acids is 1. The van der Waals surface area contributed by atoms with Crippen LogP contribution < -0.4 is 9.62 Å². The number of anilines is 1. The summed E-state index contributed by atoms with van der Waals surface area (Å²) in [4.78, 5) is 12.5. The lowest BCUT2D eigenvalue weighted by Crippen LogP contribution is -2.41. The third-order valence-electron chi connectivity index (χ3n) is 4.10. The van der Waals surface area contributed by atoms with E-state index in [-0.39, 0.29) is 17.3 Å². The predicted molar refractivity (Wildman–Crippen MR) is 105 cm³/mol. The zero-order valence-corrected chi connectivity index (χ0v) is 16.5. The van der Waals surface area contributed by atoms with Gasteiger partial charge in [-0.25, -0.2) is 8.42 Å². The standard InChI is InChI=1S/C20H26N2O3S/c1-15(2)13-21-20(23)14-22(18-11-10-16(3)17(4)12-18)26(24,25)19-8-6-5-7-9-19/h5-12,15H,13-14H2,1-4H3,(H,21,23). The molecular formula is C20H26N2O3S. The summed E-state index contributed by atoms with van der Waals surface area (Å²) < 4.78 is 27.5. The van der Waals surface area contributed by atoms with Gasteiger partial charge in [0.1, 0.15) is 6.54 Å². The van der Waals surface area contributed by atoms with Crippen LogP contribution in [0.5, 0.6) is 0 Å². The highest BCUT2D eigenvalue weighted by Crippen LogP contribution is 2.25. The molecule has 0 aliphatic carbocycles. The number of nitrogens with one attached hydrogen (secondary N) is 1. The number of rotatable bonds is 7. The van der Waals surface area contributed by atoms with E-state index in [1.165, 1.54) is 16.4 Å². The summed E-state index contributed by atoms with van der Waals surface area (Å²) >= 11 is 0. The Kier molecular flexibility index (Phi) is 6.42. The summed E-state index contributed by atoms with van der Waals surface area (Å²) in [7, 11) is -3.84. The number of benzene rings is 2. The Hall–Kier alpha value is -2.34. The molecule has 0 spiro atoms. The number of aryl methyl sites for hydroxylation is 2. The first-order chi connectivity index (χ1) is 12.2. The molecule has 0 unspecified atom stereocenters. The third kappa shape index (κ3) is 4.85. The van der Waals surface area contributed by atoms with Gasteiger partial charge in [0.15, 0.2) is 0 Å². The maximum absolute atomic E-state index is 13.1. The molecule has 5 nitrogen and oxygen atoms in total. The molecule has 0 saturated carbocycles. The smallest absolute Gasteiger partial charge is 0.264 e. The number of carbonyl (C=O) groups is 1. The van der Waals surface area contributed by atoms with Crippen LogP contribution in [0.15, 0.2) is 53.4 Å². The van der Waals surface area contributed by atoms with E-state index < -0.39 is 10.0 Å². The summed E-state index contributed by atoms with van der Waals surface area (Å²) in [6, 6.07) is 13.6. The summed E-state index contributed by atoms with van der Waals surface area (Å²) in [5.41, 5.74) is 2.52. The molecule has 2 rings (SSSR count). The molecule has 0 saturated heterocycles. The van der Waals surface area contributed by atoms with Gasteiger partial charge in [0, 0.05) is 6.54 Å². The fourth-order valence-electron chi connectivity index (χ4n) is 2.42. The van der Waals surface area contributed by atoms with Crippen molar-refractivity contribution in [1.82, 2.24) is 5.32 Å². The second-order valence-corrected chi connectivity index (χ2v) is 8.65. The summed E-state index contributed by atoms with van der Waals surface area (Å²) in [6.07, 6.45) is 0. The summed E-state index contributed by atoms with van der Waals surface area (Å²) in [5, 5.41) is 2.79. The molecule has 0 aromatic heterocycles. The van der Waals surface area contributed by atoms with Gasteiger partial charge >= 0.3 is 0 Å². The fourth-order valence-corrected chi connectivity index (χ4v) is 3.85. The van der Waals surface area contributed by atoms with Crippen molar-refractivity contribution in [2.45, 2.75) is 32.6 Å². The monoisotopic (exact) mass is 374 g/mol. The van der Waals surface area contributed by atoms with E-state index in [2.05, 4.69) is 5.32 Å². The Bertz CT molecular complexity index is 862. The van der Waals surface area contributed by atoms with Crippen LogP contribution in [-0.4, -0.2) is 27.4 Å². The van der Waals surface area contributed by atoms with Gasteiger partial charge in [0.2, 0.25) is 5.91 Å². The van der Waals surface area contributed by atoms with Gasteiger partial charge in [-0.2, -0.15) is 0 Å².